The molecule has 3 aromatic heterocycles. The fourth-order valence-corrected chi connectivity index (χ4v) is 6.32. The smallest absolute Gasteiger partial charge is 0.183 e. The predicted molar refractivity (Wildman–Crippen MR) is 132 cm³/mol. The van der Waals surface area contributed by atoms with Gasteiger partial charge in [0.25, 0.3) is 0 Å². The lowest BCUT2D eigenvalue weighted by Gasteiger charge is -2.43. The quantitative estimate of drug-likeness (QED) is 0.482. The molecule has 1 unspecified atom stereocenters. The largest absolute Gasteiger partial charge is 0.355 e. The number of aryl methyl sites for hydroxylation is 1. The fourth-order valence-electron chi connectivity index (χ4n) is 6.32. The Balaban J connectivity index is 1.15. The second kappa shape index (κ2) is 7.50. The maximum absolute atomic E-state index is 6.69. The fraction of sp³-hybridized carbons (Fsp3) is 0.385. The molecular formula is C26H28N8. The molecule has 0 radical (unpaired) electrons. The van der Waals surface area contributed by atoms with Gasteiger partial charge < -0.3 is 15.5 Å². The number of H-pyrrole nitrogens is 1. The van der Waals surface area contributed by atoms with Crippen LogP contribution in [-0.2, 0) is 18.3 Å². The van der Waals surface area contributed by atoms with Crippen molar-refractivity contribution in [3.63, 3.8) is 0 Å². The summed E-state index contributed by atoms with van der Waals surface area (Å²) in [4.78, 5) is 18.8. The van der Waals surface area contributed by atoms with Gasteiger partial charge in [-0.15, -0.1) is 0 Å². The Hall–Kier alpha value is -3.52. The first kappa shape index (κ1) is 19.9. The molecule has 0 saturated carbocycles. The van der Waals surface area contributed by atoms with Crippen molar-refractivity contribution in [3.8, 4) is 0 Å². The average Bonchev–Trinajstić information content (AvgIpc) is 3.43. The lowest BCUT2D eigenvalue weighted by molar-refractivity contribution is 0.292. The minimum atomic E-state index is 0.0848. The number of piperidine rings is 1. The molecule has 8 nitrogen and oxygen atoms in total. The van der Waals surface area contributed by atoms with Crippen molar-refractivity contribution >= 4 is 28.5 Å². The zero-order chi connectivity index (χ0) is 22.7. The van der Waals surface area contributed by atoms with Crippen LogP contribution in [0.15, 0.2) is 48.8 Å². The summed E-state index contributed by atoms with van der Waals surface area (Å²) in [5, 5.41) is 7.74. The van der Waals surface area contributed by atoms with Gasteiger partial charge in [0, 0.05) is 37.3 Å². The summed E-state index contributed by atoms with van der Waals surface area (Å²) < 4.78 is 0. The Kier molecular flexibility index (Phi) is 4.39. The summed E-state index contributed by atoms with van der Waals surface area (Å²) in [7, 11) is 0. The van der Waals surface area contributed by atoms with Crippen LogP contribution >= 0.6 is 0 Å². The molecular weight excluding hydrogens is 424 g/mol. The lowest BCUT2D eigenvalue weighted by atomic mass is 9.71. The number of anilines is 3. The van der Waals surface area contributed by atoms with Gasteiger partial charge in [0.1, 0.15) is 5.82 Å². The van der Waals surface area contributed by atoms with E-state index in [1.54, 1.807) is 0 Å². The molecule has 1 fully saturated rings. The highest BCUT2D eigenvalue weighted by Gasteiger charge is 2.46. The van der Waals surface area contributed by atoms with Crippen molar-refractivity contribution in [2.45, 2.75) is 43.6 Å². The summed E-state index contributed by atoms with van der Waals surface area (Å²) in [6.45, 7) is 2.75. The van der Waals surface area contributed by atoms with Gasteiger partial charge in [-0.2, -0.15) is 5.10 Å². The first-order valence-electron chi connectivity index (χ1n) is 12.2. The Bertz CT molecular complexity index is 1370. The maximum atomic E-state index is 6.69. The van der Waals surface area contributed by atoms with Crippen LogP contribution in [-0.4, -0.2) is 50.8 Å². The summed E-state index contributed by atoms with van der Waals surface area (Å²) in [6, 6.07) is 13.1. The molecule has 2 aliphatic heterocycles. The molecule has 1 aromatic carbocycles. The van der Waals surface area contributed by atoms with Crippen LogP contribution in [0, 0.1) is 0 Å². The van der Waals surface area contributed by atoms with Crippen molar-refractivity contribution in [2.75, 3.05) is 29.4 Å². The highest BCUT2D eigenvalue weighted by molar-refractivity contribution is 5.87. The first-order valence-corrected chi connectivity index (χ1v) is 12.2. The molecule has 5 heterocycles. The molecule has 34 heavy (non-hydrogen) atoms. The Morgan fingerprint density at radius 1 is 1.03 bits per heavy atom. The second-order valence-electron chi connectivity index (χ2n) is 9.81. The lowest BCUT2D eigenvalue weighted by Crippen LogP contribution is -2.50. The van der Waals surface area contributed by atoms with E-state index in [4.69, 9.17) is 15.7 Å². The standard InChI is InChI=1S/C26H28N8/c27-21-15-17-5-1-2-6-18(17)26(21)9-13-33(14-10-26)22-16-29-23-24(30-22)31-32-25(23)34-12-4-7-19-20(34)8-3-11-28-19/h1-3,5-6,8,11,16,21H,4,7,9-10,12-15,27H2,(H,30,31,32). The summed E-state index contributed by atoms with van der Waals surface area (Å²) in [5.41, 5.74) is 13.4. The molecule has 0 amide bonds. The van der Waals surface area contributed by atoms with E-state index < -0.39 is 0 Å². The molecule has 7 rings (SSSR count). The summed E-state index contributed by atoms with van der Waals surface area (Å²) >= 11 is 0. The molecule has 1 saturated heterocycles. The zero-order valence-electron chi connectivity index (χ0n) is 19.1. The van der Waals surface area contributed by atoms with Crippen molar-refractivity contribution in [3.05, 3.63) is 65.6 Å². The van der Waals surface area contributed by atoms with E-state index >= 15 is 0 Å². The van der Waals surface area contributed by atoms with Crippen molar-refractivity contribution < 1.29 is 0 Å². The Labute approximate surface area is 198 Å². The molecule has 1 spiro atoms. The van der Waals surface area contributed by atoms with Gasteiger partial charge in [-0.1, -0.05) is 24.3 Å². The van der Waals surface area contributed by atoms with E-state index in [1.165, 1.54) is 11.1 Å². The molecule has 172 valence electrons. The van der Waals surface area contributed by atoms with Crippen LogP contribution in [0.4, 0.5) is 17.3 Å². The Morgan fingerprint density at radius 3 is 2.82 bits per heavy atom. The molecule has 1 aliphatic carbocycles. The van der Waals surface area contributed by atoms with E-state index in [0.717, 1.165) is 85.9 Å². The number of aromatic nitrogens is 5. The normalized spacial score (nSPS) is 21.1. The number of pyridine rings is 1. The molecule has 0 bridgehead atoms. The highest BCUT2D eigenvalue weighted by Crippen LogP contribution is 2.46. The number of fused-ring (bicyclic) bond motifs is 4. The highest BCUT2D eigenvalue weighted by atomic mass is 15.3. The van der Waals surface area contributed by atoms with Gasteiger partial charge in [-0.25, -0.2) is 9.97 Å². The average molecular weight is 453 g/mol. The van der Waals surface area contributed by atoms with Crippen LogP contribution in [0.3, 0.4) is 0 Å². The van der Waals surface area contributed by atoms with Crippen molar-refractivity contribution in [2.24, 2.45) is 5.73 Å². The minimum absolute atomic E-state index is 0.0848. The monoisotopic (exact) mass is 452 g/mol. The third-order valence-corrected chi connectivity index (χ3v) is 8.13. The minimum Gasteiger partial charge on any atom is -0.355 e. The number of aromatic amines is 1. The number of benzene rings is 1. The van der Waals surface area contributed by atoms with Crippen LogP contribution in [0.2, 0.25) is 0 Å². The third kappa shape index (κ3) is 2.88. The van der Waals surface area contributed by atoms with E-state index in [1.807, 2.05) is 18.5 Å². The first-order chi connectivity index (χ1) is 16.7. The number of nitrogens with one attached hydrogen (secondary N) is 1. The van der Waals surface area contributed by atoms with Gasteiger partial charge in [0.15, 0.2) is 17.0 Å². The Morgan fingerprint density at radius 2 is 1.91 bits per heavy atom. The predicted octanol–water partition coefficient (Wildman–Crippen LogP) is 3.25. The number of hydrogen-bond acceptors (Lipinski definition) is 7. The van der Waals surface area contributed by atoms with Crippen LogP contribution in [0.1, 0.15) is 36.1 Å². The summed E-state index contributed by atoms with van der Waals surface area (Å²) in [5.74, 6) is 1.73. The molecule has 1 atom stereocenters. The molecule has 4 aromatic rings. The number of hydrogen-bond donors (Lipinski definition) is 2. The van der Waals surface area contributed by atoms with E-state index in [0.29, 0.717) is 0 Å². The molecule has 3 aliphatic rings. The maximum Gasteiger partial charge on any atom is 0.183 e. The molecule has 3 N–H and O–H groups in total. The van der Waals surface area contributed by atoms with Crippen molar-refractivity contribution in [1.29, 1.82) is 0 Å². The number of nitrogens with zero attached hydrogens (tertiary/aromatic N) is 6. The van der Waals surface area contributed by atoms with Gasteiger partial charge in [0.2, 0.25) is 0 Å². The van der Waals surface area contributed by atoms with Crippen LogP contribution < -0.4 is 15.5 Å². The van der Waals surface area contributed by atoms with E-state index in [9.17, 15) is 0 Å². The topological polar surface area (TPSA) is 99.9 Å². The van der Waals surface area contributed by atoms with E-state index in [-0.39, 0.29) is 11.5 Å². The number of rotatable bonds is 2. The van der Waals surface area contributed by atoms with Crippen LogP contribution in [0.25, 0.3) is 11.2 Å². The SMILES string of the molecule is NC1Cc2ccccc2C12CCN(c1cnc3c(N4CCCc5ncccc54)n[nH]c3n1)CC2. The van der Waals surface area contributed by atoms with Gasteiger partial charge >= 0.3 is 0 Å². The van der Waals surface area contributed by atoms with Gasteiger partial charge in [0.05, 0.1) is 17.6 Å². The van der Waals surface area contributed by atoms with Gasteiger partial charge in [-0.3, -0.25) is 10.1 Å². The number of nitrogens with two attached hydrogens (primary N) is 1. The summed E-state index contributed by atoms with van der Waals surface area (Å²) in [6.07, 6.45) is 8.86. The third-order valence-electron chi connectivity index (χ3n) is 8.13. The second-order valence-corrected chi connectivity index (χ2v) is 9.81. The van der Waals surface area contributed by atoms with Crippen molar-refractivity contribution in [1.82, 2.24) is 25.1 Å². The van der Waals surface area contributed by atoms with Gasteiger partial charge in [-0.05, 0) is 55.4 Å². The van der Waals surface area contributed by atoms with Crippen LogP contribution in [0.5, 0.6) is 0 Å². The van der Waals surface area contributed by atoms with E-state index in [2.05, 4.69) is 55.3 Å². The zero-order valence-corrected chi connectivity index (χ0v) is 19.1. The molecule has 8 heteroatoms.